The average molecular weight is 319 g/mol. The molecule has 122 valence electrons. The van der Waals surface area contributed by atoms with E-state index >= 15 is 0 Å². The number of pyridine rings is 1. The summed E-state index contributed by atoms with van der Waals surface area (Å²) < 4.78 is 7.76. The van der Waals surface area contributed by atoms with Crippen LogP contribution in [0.1, 0.15) is 23.9 Å². The van der Waals surface area contributed by atoms with Crippen LogP contribution in [0.15, 0.2) is 59.7 Å². The second-order valence-corrected chi connectivity index (χ2v) is 5.51. The van der Waals surface area contributed by atoms with E-state index in [1.165, 1.54) is 0 Å². The van der Waals surface area contributed by atoms with E-state index in [0.717, 1.165) is 34.2 Å². The van der Waals surface area contributed by atoms with Crippen molar-refractivity contribution in [3.8, 4) is 11.6 Å². The summed E-state index contributed by atoms with van der Waals surface area (Å²) in [5.74, 6) is 1.72. The molecule has 0 atom stereocenters. The van der Waals surface area contributed by atoms with Gasteiger partial charge in [-0.3, -0.25) is 4.99 Å². The van der Waals surface area contributed by atoms with Crippen molar-refractivity contribution in [1.29, 1.82) is 0 Å². The maximum Gasteiger partial charge on any atom is 0.144 e. The molecule has 0 saturated heterocycles. The minimum Gasteiger partial charge on any atom is -0.492 e. The number of nitrogens with zero attached hydrogens (tertiary/aromatic N) is 3. The molecule has 4 heteroatoms. The molecule has 0 unspecified atom stereocenters. The lowest BCUT2D eigenvalue weighted by Crippen LogP contribution is -2.01. The number of aryl methyl sites for hydroxylation is 1. The Bertz CT molecular complexity index is 851. The van der Waals surface area contributed by atoms with Crippen molar-refractivity contribution in [2.45, 2.75) is 20.8 Å². The van der Waals surface area contributed by atoms with Crippen molar-refractivity contribution in [2.24, 2.45) is 4.99 Å². The minimum absolute atomic E-state index is 0.626. The molecule has 4 nitrogen and oxygen atoms in total. The van der Waals surface area contributed by atoms with Crippen LogP contribution in [-0.2, 0) is 0 Å². The number of benzene rings is 1. The van der Waals surface area contributed by atoms with Crippen LogP contribution in [0.5, 0.6) is 5.75 Å². The molecule has 3 aromatic rings. The first-order valence-corrected chi connectivity index (χ1v) is 8.07. The summed E-state index contributed by atoms with van der Waals surface area (Å²) in [5, 5.41) is 0. The molecule has 24 heavy (non-hydrogen) atoms. The average Bonchev–Trinajstić information content (AvgIpc) is 2.89. The van der Waals surface area contributed by atoms with Gasteiger partial charge in [0.05, 0.1) is 6.61 Å². The number of aliphatic imine (C=N–C) groups is 1. The number of rotatable bonds is 5. The first kappa shape index (κ1) is 16.0. The Balaban J connectivity index is 1.95. The Kier molecular flexibility index (Phi) is 4.75. The van der Waals surface area contributed by atoms with Crippen molar-refractivity contribution in [3.05, 3.63) is 71.7 Å². The number of ether oxygens (including phenoxy) is 1. The van der Waals surface area contributed by atoms with Crippen molar-refractivity contribution < 1.29 is 4.74 Å². The van der Waals surface area contributed by atoms with Gasteiger partial charge < -0.3 is 9.30 Å². The topological polar surface area (TPSA) is 39.4 Å². The summed E-state index contributed by atoms with van der Waals surface area (Å²) >= 11 is 0. The van der Waals surface area contributed by atoms with Gasteiger partial charge in [-0.1, -0.05) is 18.2 Å². The van der Waals surface area contributed by atoms with Gasteiger partial charge in [-0.25, -0.2) is 4.98 Å². The third kappa shape index (κ3) is 3.23. The molecule has 2 heterocycles. The number of hydrogen-bond donors (Lipinski definition) is 0. The molecule has 0 radical (unpaired) electrons. The summed E-state index contributed by atoms with van der Waals surface area (Å²) in [6, 6.07) is 15.9. The first-order chi connectivity index (χ1) is 11.7. The van der Waals surface area contributed by atoms with Gasteiger partial charge in [0.25, 0.3) is 0 Å². The zero-order valence-electron chi connectivity index (χ0n) is 14.2. The highest BCUT2D eigenvalue weighted by molar-refractivity contribution is 5.84. The molecule has 0 aliphatic rings. The Hall–Kier alpha value is -2.88. The van der Waals surface area contributed by atoms with Gasteiger partial charge in [-0.05, 0) is 51.1 Å². The largest absolute Gasteiger partial charge is 0.492 e. The fraction of sp³-hybridized carbons (Fsp3) is 0.200. The van der Waals surface area contributed by atoms with E-state index in [2.05, 4.69) is 34.5 Å². The van der Waals surface area contributed by atoms with Gasteiger partial charge in [0.15, 0.2) is 0 Å². The Labute approximate surface area is 142 Å². The predicted octanol–water partition coefficient (Wildman–Crippen LogP) is 4.64. The van der Waals surface area contributed by atoms with Crippen LogP contribution in [-0.4, -0.2) is 22.4 Å². The van der Waals surface area contributed by atoms with Crippen LogP contribution in [0, 0.1) is 13.8 Å². The van der Waals surface area contributed by atoms with Gasteiger partial charge in [0, 0.05) is 29.4 Å². The Morgan fingerprint density at radius 2 is 1.92 bits per heavy atom. The SMILES string of the molecule is CCOc1ccccc1N=Cc1cc(C)n(-c2ccccn2)c1C. The molecule has 0 N–H and O–H groups in total. The molecular formula is C20H21N3O. The van der Waals surface area contributed by atoms with Crippen molar-refractivity contribution in [3.63, 3.8) is 0 Å². The fourth-order valence-corrected chi connectivity index (χ4v) is 2.74. The molecular weight excluding hydrogens is 298 g/mol. The summed E-state index contributed by atoms with van der Waals surface area (Å²) in [6.45, 7) is 6.76. The van der Waals surface area contributed by atoms with Gasteiger partial charge in [-0.15, -0.1) is 0 Å². The minimum atomic E-state index is 0.626. The first-order valence-electron chi connectivity index (χ1n) is 8.07. The van der Waals surface area contributed by atoms with Gasteiger partial charge in [0.1, 0.15) is 17.3 Å². The van der Waals surface area contributed by atoms with Gasteiger partial charge in [0.2, 0.25) is 0 Å². The highest BCUT2D eigenvalue weighted by Crippen LogP contribution is 2.27. The highest BCUT2D eigenvalue weighted by Gasteiger charge is 2.10. The Morgan fingerprint density at radius 1 is 1.12 bits per heavy atom. The molecule has 0 fully saturated rings. The molecule has 1 aromatic carbocycles. The van der Waals surface area contributed by atoms with Crippen molar-refractivity contribution in [2.75, 3.05) is 6.61 Å². The van der Waals surface area contributed by atoms with Gasteiger partial charge >= 0.3 is 0 Å². The fourth-order valence-electron chi connectivity index (χ4n) is 2.74. The normalized spacial score (nSPS) is 11.1. The molecule has 3 rings (SSSR count). The van der Waals surface area contributed by atoms with Crippen LogP contribution in [0.25, 0.3) is 5.82 Å². The highest BCUT2D eigenvalue weighted by atomic mass is 16.5. The zero-order valence-corrected chi connectivity index (χ0v) is 14.2. The Morgan fingerprint density at radius 3 is 2.67 bits per heavy atom. The number of para-hydroxylation sites is 2. The standard InChI is InChI=1S/C20H21N3O/c1-4-24-19-10-6-5-9-18(19)22-14-17-13-15(2)23(16(17)3)20-11-7-8-12-21-20/h5-14H,4H2,1-3H3. The zero-order chi connectivity index (χ0) is 16.9. The maximum absolute atomic E-state index is 5.62. The summed E-state index contributed by atoms with van der Waals surface area (Å²) in [5.41, 5.74) is 4.15. The third-order valence-corrected chi connectivity index (χ3v) is 3.86. The molecule has 0 aliphatic carbocycles. The number of aromatic nitrogens is 2. The second kappa shape index (κ2) is 7.13. The van der Waals surface area contributed by atoms with Crippen LogP contribution in [0.4, 0.5) is 5.69 Å². The quantitative estimate of drug-likeness (QED) is 0.643. The van der Waals surface area contributed by atoms with Crippen molar-refractivity contribution >= 4 is 11.9 Å². The number of hydrogen-bond acceptors (Lipinski definition) is 3. The molecule has 0 saturated carbocycles. The predicted molar refractivity (Wildman–Crippen MR) is 97.9 cm³/mol. The van der Waals surface area contributed by atoms with E-state index in [4.69, 9.17) is 4.74 Å². The second-order valence-electron chi connectivity index (χ2n) is 5.51. The van der Waals surface area contributed by atoms with Crippen LogP contribution >= 0.6 is 0 Å². The monoisotopic (exact) mass is 319 g/mol. The van der Waals surface area contributed by atoms with E-state index in [1.807, 2.05) is 55.6 Å². The van der Waals surface area contributed by atoms with E-state index in [9.17, 15) is 0 Å². The lowest BCUT2D eigenvalue weighted by Gasteiger charge is -2.08. The van der Waals surface area contributed by atoms with E-state index in [-0.39, 0.29) is 0 Å². The van der Waals surface area contributed by atoms with Crippen LogP contribution in [0.3, 0.4) is 0 Å². The molecule has 0 amide bonds. The summed E-state index contributed by atoms with van der Waals surface area (Å²) in [4.78, 5) is 9.06. The maximum atomic E-state index is 5.62. The van der Waals surface area contributed by atoms with E-state index in [1.54, 1.807) is 6.20 Å². The lowest BCUT2D eigenvalue weighted by atomic mass is 10.2. The van der Waals surface area contributed by atoms with Crippen molar-refractivity contribution in [1.82, 2.24) is 9.55 Å². The van der Waals surface area contributed by atoms with Gasteiger partial charge in [-0.2, -0.15) is 0 Å². The molecule has 0 bridgehead atoms. The molecule has 0 spiro atoms. The third-order valence-electron chi connectivity index (χ3n) is 3.86. The molecule has 0 aliphatic heterocycles. The molecule has 2 aromatic heterocycles. The van der Waals surface area contributed by atoms with E-state index < -0.39 is 0 Å². The van der Waals surface area contributed by atoms with Crippen LogP contribution in [0.2, 0.25) is 0 Å². The smallest absolute Gasteiger partial charge is 0.144 e. The van der Waals surface area contributed by atoms with Crippen LogP contribution < -0.4 is 4.74 Å². The summed E-state index contributed by atoms with van der Waals surface area (Å²) in [7, 11) is 0. The lowest BCUT2D eigenvalue weighted by molar-refractivity contribution is 0.341. The van der Waals surface area contributed by atoms with E-state index in [0.29, 0.717) is 6.61 Å². The summed E-state index contributed by atoms with van der Waals surface area (Å²) in [6.07, 6.45) is 3.69.